The second-order valence-corrected chi connectivity index (χ2v) is 7.80. The number of carboxylic acid groups (broad SMARTS) is 1. The molecule has 0 spiro atoms. The van der Waals surface area contributed by atoms with Crippen LogP contribution in [0.5, 0.6) is 0 Å². The maximum atomic E-state index is 12.8. The highest BCUT2D eigenvalue weighted by molar-refractivity contribution is 5.92. The molecule has 0 unspecified atom stereocenters. The van der Waals surface area contributed by atoms with E-state index in [1.54, 1.807) is 20.0 Å². The molecule has 0 radical (unpaired) electrons. The summed E-state index contributed by atoms with van der Waals surface area (Å²) in [5.41, 5.74) is 12.4. The Morgan fingerprint density at radius 1 is 1.10 bits per heavy atom. The minimum Gasteiger partial charge on any atom is -0.480 e. The first-order valence-electron chi connectivity index (χ1n) is 10.0. The van der Waals surface area contributed by atoms with Gasteiger partial charge in [-0.1, -0.05) is 32.0 Å². The number of aromatic nitrogens is 1. The quantitative estimate of drug-likeness (QED) is 0.291. The second kappa shape index (κ2) is 10.6. The Bertz CT molecular complexity index is 955. The number of primary amides is 1. The Hall–Kier alpha value is -3.40. The molecule has 3 atom stereocenters. The Morgan fingerprint density at radius 2 is 1.77 bits per heavy atom. The zero-order valence-corrected chi connectivity index (χ0v) is 17.6. The number of fused-ring (bicyclic) bond motifs is 1. The van der Waals surface area contributed by atoms with Crippen molar-refractivity contribution in [2.75, 3.05) is 0 Å². The van der Waals surface area contributed by atoms with Gasteiger partial charge in [-0.3, -0.25) is 14.4 Å². The predicted octanol–water partition coefficient (Wildman–Crippen LogP) is 0.0134. The largest absolute Gasteiger partial charge is 0.480 e. The standard InChI is InChI=1S/C21H29N5O5/c1-11(2)18(26-19(28)14(22)7-8-17(23)27)20(29)25-16(21(30)31)9-12-10-24-15-6-4-3-5-13(12)15/h3-6,10-11,14,16,18,24H,7-9,22H2,1-2H3,(H2,23,27)(H,25,29)(H,26,28)(H,30,31)/t14-,16-,18-/m0/s1. The minimum atomic E-state index is -1.19. The van der Waals surface area contributed by atoms with E-state index in [0.29, 0.717) is 0 Å². The highest BCUT2D eigenvalue weighted by Gasteiger charge is 2.30. The lowest BCUT2D eigenvalue weighted by molar-refractivity contribution is -0.142. The Morgan fingerprint density at radius 3 is 2.39 bits per heavy atom. The van der Waals surface area contributed by atoms with Gasteiger partial charge < -0.3 is 32.2 Å². The number of aromatic amines is 1. The summed E-state index contributed by atoms with van der Waals surface area (Å²) < 4.78 is 0. The predicted molar refractivity (Wildman–Crippen MR) is 115 cm³/mol. The van der Waals surface area contributed by atoms with Gasteiger partial charge in [0.2, 0.25) is 17.7 Å². The van der Waals surface area contributed by atoms with Crippen LogP contribution in [0.25, 0.3) is 10.9 Å². The number of carbonyl (C=O) groups is 4. The lowest BCUT2D eigenvalue weighted by Crippen LogP contribution is -2.56. The molecule has 1 heterocycles. The lowest BCUT2D eigenvalue weighted by Gasteiger charge is -2.25. The molecule has 31 heavy (non-hydrogen) atoms. The summed E-state index contributed by atoms with van der Waals surface area (Å²) in [5.74, 6) is -3.33. The molecule has 168 valence electrons. The SMILES string of the molecule is CC(C)[C@H](NC(=O)[C@@H](N)CCC(N)=O)C(=O)N[C@@H](Cc1c[nH]c2ccccc12)C(=O)O. The number of rotatable bonds is 11. The molecular formula is C21H29N5O5. The second-order valence-electron chi connectivity index (χ2n) is 7.80. The topological polar surface area (TPSA) is 180 Å². The van der Waals surface area contributed by atoms with Crippen LogP contribution in [0.1, 0.15) is 32.3 Å². The van der Waals surface area contributed by atoms with Crippen LogP contribution in [0.2, 0.25) is 0 Å². The number of aliphatic carboxylic acids is 1. The van der Waals surface area contributed by atoms with Crippen molar-refractivity contribution in [1.82, 2.24) is 15.6 Å². The molecule has 0 aliphatic rings. The van der Waals surface area contributed by atoms with Gasteiger partial charge in [-0.2, -0.15) is 0 Å². The number of nitrogens with one attached hydrogen (secondary N) is 3. The maximum Gasteiger partial charge on any atom is 0.326 e. The van der Waals surface area contributed by atoms with Gasteiger partial charge in [-0.15, -0.1) is 0 Å². The van der Waals surface area contributed by atoms with Gasteiger partial charge in [0.1, 0.15) is 12.1 Å². The van der Waals surface area contributed by atoms with Crippen molar-refractivity contribution in [1.29, 1.82) is 0 Å². The highest BCUT2D eigenvalue weighted by atomic mass is 16.4. The first kappa shape index (κ1) is 23.9. The van der Waals surface area contributed by atoms with Crippen LogP contribution in [-0.2, 0) is 25.6 Å². The molecule has 1 aromatic heterocycles. The van der Waals surface area contributed by atoms with E-state index in [2.05, 4.69) is 15.6 Å². The Balaban J connectivity index is 2.08. The fourth-order valence-electron chi connectivity index (χ4n) is 3.21. The van der Waals surface area contributed by atoms with Crippen LogP contribution >= 0.6 is 0 Å². The molecule has 8 N–H and O–H groups in total. The summed E-state index contributed by atoms with van der Waals surface area (Å²) in [6.07, 6.45) is 1.78. The van der Waals surface area contributed by atoms with E-state index in [-0.39, 0.29) is 25.2 Å². The van der Waals surface area contributed by atoms with Gasteiger partial charge in [-0.25, -0.2) is 4.79 Å². The third-order valence-corrected chi connectivity index (χ3v) is 5.00. The van der Waals surface area contributed by atoms with Crippen molar-refractivity contribution < 1.29 is 24.3 Å². The number of amides is 3. The normalized spacial score (nSPS) is 14.1. The molecule has 0 saturated carbocycles. The summed E-state index contributed by atoms with van der Waals surface area (Å²) in [4.78, 5) is 50.9. The Labute approximate surface area is 179 Å². The third kappa shape index (κ3) is 6.54. The average Bonchev–Trinajstić information content (AvgIpc) is 3.11. The van der Waals surface area contributed by atoms with Crippen LogP contribution < -0.4 is 22.1 Å². The molecule has 0 fully saturated rings. The van der Waals surface area contributed by atoms with Gasteiger partial charge in [-0.05, 0) is 24.0 Å². The zero-order chi connectivity index (χ0) is 23.1. The molecule has 0 saturated heterocycles. The first-order chi connectivity index (χ1) is 14.6. The molecule has 2 rings (SSSR count). The summed E-state index contributed by atoms with van der Waals surface area (Å²) >= 11 is 0. The van der Waals surface area contributed by atoms with Crippen molar-refractivity contribution in [3.05, 3.63) is 36.0 Å². The molecule has 1 aromatic carbocycles. The number of H-pyrrole nitrogens is 1. The van der Waals surface area contributed by atoms with Gasteiger partial charge in [0.05, 0.1) is 6.04 Å². The molecule has 10 nitrogen and oxygen atoms in total. The lowest BCUT2D eigenvalue weighted by atomic mass is 10.0. The molecule has 10 heteroatoms. The third-order valence-electron chi connectivity index (χ3n) is 5.00. The Kier molecular flexibility index (Phi) is 8.14. The van der Waals surface area contributed by atoms with Crippen molar-refractivity contribution in [3.63, 3.8) is 0 Å². The van der Waals surface area contributed by atoms with Gasteiger partial charge in [0, 0.05) is 29.9 Å². The smallest absolute Gasteiger partial charge is 0.326 e. The van der Waals surface area contributed by atoms with Crippen molar-refractivity contribution in [3.8, 4) is 0 Å². The number of hydrogen-bond acceptors (Lipinski definition) is 5. The monoisotopic (exact) mass is 431 g/mol. The van der Waals surface area contributed by atoms with E-state index in [4.69, 9.17) is 11.5 Å². The zero-order valence-electron chi connectivity index (χ0n) is 17.6. The molecule has 2 aromatic rings. The van der Waals surface area contributed by atoms with Crippen LogP contribution in [0.15, 0.2) is 30.5 Å². The summed E-state index contributed by atoms with van der Waals surface area (Å²) in [6.45, 7) is 3.43. The molecular weight excluding hydrogens is 402 g/mol. The average molecular weight is 431 g/mol. The molecule has 0 aliphatic heterocycles. The number of carboxylic acids is 1. The van der Waals surface area contributed by atoms with E-state index in [1.165, 1.54) is 0 Å². The van der Waals surface area contributed by atoms with E-state index >= 15 is 0 Å². The fraction of sp³-hybridized carbons (Fsp3) is 0.429. The molecule has 3 amide bonds. The van der Waals surface area contributed by atoms with Crippen LogP contribution in [0, 0.1) is 5.92 Å². The van der Waals surface area contributed by atoms with Gasteiger partial charge in [0.15, 0.2) is 0 Å². The molecule has 0 bridgehead atoms. The number of carbonyl (C=O) groups excluding carboxylic acids is 3. The van der Waals surface area contributed by atoms with Crippen molar-refractivity contribution in [2.24, 2.45) is 17.4 Å². The van der Waals surface area contributed by atoms with Crippen molar-refractivity contribution >= 4 is 34.6 Å². The molecule has 0 aliphatic carbocycles. The maximum absolute atomic E-state index is 12.8. The van der Waals surface area contributed by atoms with Gasteiger partial charge >= 0.3 is 5.97 Å². The number of benzene rings is 1. The van der Waals surface area contributed by atoms with Crippen LogP contribution in [0.3, 0.4) is 0 Å². The van der Waals surface area contributed by atoms with Gasteiger partial charge in [0.25, 0.3) is 0 Å². The van der Waals surface area contributed by atoms with E-state index in [1.807, 2.05) is 24.3 Å². The van der Waals surface area contributed by atoms with E-state index in [0.717, 1.165) is 16.5 Å². The summed E-state index contributed by atoms with van der Waals surface area (Å²) in [7, 11) is 0. The van der Waals surface area contributed by atoms with Crippen LogP contribution in [0.4, 0.5) is 0 Å². The number of para-hydroxylation sites is 1. The summed E-state index contributed by atoms with van der Waals surface area (Å²) in [6, 6.07) is 4.27. The number of hydrogen-bond donors (Lipinski definition) is 6. The van der Waals surface area contributed by atoms with E-state index in [9.17, 15) is 24.3 Å². The number of nitrogens with two attached hydrogens (primary N) is 2. The fourth-order valence-corrected chi connectivity index (χ4v) is 3.21. The van der Waals surface area contributed by atoms with Crippen LogP contribution in [-0.4, -0.2) is 51.9 Å². The summed E-state index contributed by atoms with van der Waals surface area (Å²) in [5, 5.41) is 15.6. The van der Waals surface area contributed by atoms with E-state index < -0.39 is 41.8 Å². The first-order valence-corrected chi connectivity index (χ1v) is 10.0. The van der Waals surface area contributed by atoms with Crippen molar-refractivity contribution in [2.45, 2.75) is 51.2 Å². The highest BCUT2D eigenvalue weighted by Crippen LogP contribution is 2.19. The minimum absolute atomic E-state index is 0.0475.